The fraction of sp³-hybridized carbons (Fsp3) is 0.882. The van der Waals surface area contributed by atoms with E-state index in [-0.39, 0.29) is 17.9 Å². The molecule has 0 aromatic carbocycles. The average Bonchev–Trinajstić information content (AvgIpc) is 3.19. The Morgan fingerprint density at radius 3 is 2.29 bits per heavy atom. The lowest BCUT2D eigenvalue weighted by molar-refractivity contribution is -0.156. The Morgan fingerprint density at radius 1 is 1.19 bits per heavy atom. The summed E-state index contributed by atoms with van der Waals surface area (Å²) < 4.78 is 0. The maximum absolute atomic E-state index is 13.0. The second-order valence-corrected chi connectivity index (χ2v) is 7.79. The van der Waals surface area contributed by atoms with Gasteiger partial charge in [0.2, 0.25) is 11.8 Å². The predicted molar refractivity (Wildman–Crippen MR) is 83.7 cm³/mol. The van der Waals surface area contributed by atoms with E-state index < -0.39 is 5.54 Å². The van der Waals surface area contributed by atoms with E-state index in [1.54, 1.807) is 0 Å². The number of nitrogens with one attached hydrogen (secondary N) is 1. The first-order chi connectivity index (χ1) is 9.75. The van der Waals surface area contributed by atoms with E-state index in [9.17, 15) is 9.59 Å². The summed E-state index contributed by atoms with van der Waals surface area (Å²) in [6.07, 6.45) is 3.80. The molecule has 21 heavy (non-hydrogen) atoms. The molecule has 2 amide bonds. The van der Waals surface area contributed by atoms with Gasteiger partial charge in [-0.25, -0.2) is 0 Å². The van der Waals surface area contributed by atoms with Gasteiger partial charge in [0.15, 0.2) is 0 Å². The molecule has 0 aromatic rings. The number of piperazine rings is 1. The number of hydrogen-bond donors (Lipinski definition) is 1. The third kappa shape index (κ3) is 3.41. The minimum atomic E-state index is -0.665. The van der Waals surface area contributed by atoms with Crippen molar-refractivity contribution in [3.8, 4) is 0 Å². The van der Waals surface area contributed by atoms with Crippen molar-refractivity contribution in [1.29, 1.82) is 0 Å². The largest absolute Gasteiger partial charge is 0.340 e. The van der Waals surface area contributed by atoms with E-state index in [2.05, 4.69) is 33.0 Å². The molecule has 1 heterocycles. The molecule has 2 atom stereocenters. The molecule has 0 spiro atoms. The highest BCUT2D eigenvalue weighted by atomic mass is 16.2. The predicted octanol–water partition coefficient (Wildman–Crippen LogP) is 2.57. The third-order valence-corrected chi connectivity index (χ3v) is 4.80. The second-order valence-electron chi connectivity index (χ2n) is 7.79. The number of hydrogen-bond acceptors (Lipinski definition) is 2. The summed E-state index contributed by atoms with van der Waals surface area (Å²) in [4.78, 5) is 27.4. The lowest BCUT2D eigenvalue weighted by Gasteiger charge is -2.45. The summed E-state index contributed by atoms with van der Waals surface area (Å²) in [5, 5.41) is 3.05. The number of nitrogens with zero attached hydrogens (tertiary/aromatic N) is 1. The van der Waals surface area contributed by atoms with Gasteiger partial charge in [0.25, 0.3) is 0 Å². The van der Waals surface area contributed by atoms with Gasteiger partial charge in [-0.2, -0.15) is 0 Å². The van der Waals surface area contributed by atoms with Gasteiger partial charge < -0.3 is 10.2 Å². The highest BCUT2D eigenvalue weighted by Gasteiger charge is 2.55. The van der Waals surface area contributed by atoms with Gasteiger partial charge in [-0.1, -0.05) is 27.7 Å². The molecule has 0 radical (unpaired) electrons. The van der Waals surface area contributed by atoms with Gasteiger partial charge in [-0.3, -0.25) is 9.59 Å². The summed E-state index contributed by atoms with van der Waals surface area (Å²) in [5.41, 5.74) is -0.665. The van der Waals surface area contributed by atoms with Crippen LogP contribution in [-0.2, 0) is 9.59 Å². The first-order valence-electron chi connectivity index (χ1n) is 8.38. The zero-order chi connectivity index (χ0) is 15.8. The second kappa shape index (κ2) is 5.98. The van der Waals surface area contributed by atoms with Crippen molar-refractivity contribution in [2.75, 3.05) is 6.54 Å². The normalized spacial score (nSPS) is 30.2. The van der Waals surface area contributed by atoms with E-state index in [0.717, 1.165) is 25.7 Å². The van der Waals surface area contributed by atoms with Gasteiger partial charge in [0.05, 0.1) is 0 Å². The van der Waals surface area contributed by atoms with Crippen molar-refractivity contribution in [2.45, 2.75) is 71.9 Å². The van der Waals surface area contributed by atoms with Crippen molar-refractivity contribution in [2.24, 2.45) is 17.8 Å². The first kappa shape index (κ1) is 16.3. The van der Waals surface area contributed by atoms with E-state index in [0.29, 0.717) is 24.3 Å². The SMILES string of the molecule is CC(C)CCN1C(=O)C(C)(C2CC2)NC(=O)C1CC(C)C. The van der Waals surface area contributed by atoms with Crippen LogP contribution in [0.1, 0.15) is 60.3 Å². The van der Waals surface area contributed by atoms with Gasteiger partial charge in [0.1, 0.15) is 11.6 Å². The monoisotopic (exact) mass is 294 g/mol. The maximum atomic E-state index is 13.0. The van der Waals surface area contributed by atoms with Gasteiger partial charge >= 0.3 is 0 Å². The summed E-state index contributed by atoms with van der Waals surface area (Å²) in [6, 6.07) is -0.289. The molecule has 1 aliphatic carbocycles. The van der Waals surface area contributed by atoms with Crippen LogP contribution >= 0.6 is 0 Å². The topological polar surface area (TPSA) is 49.4 Å². The standard InChI is InChI=1S/C17H30N2O2/c1-11(2)8-9-19-14(10-12(3)4)15(20)18-17(5,16(19)21)13-6-7-13/h11-14H,6-10H2,1-5H3,(H,18,20). The Labute approximate surface area is 128 Å². The molecular formula is C17H30N2O2. The molecule has 2 fully saturated rings. The van der Waals surface area contributed by atoms with Crippen LogP contribution in [0.4, 0.5) is 0 Å². The summed E-state index contributed by atoms with van der Waals surface area (Å²) >= 11 is 0. The van der Waals surface area contributed by atoms with Crippen molar-refractivity contribution < 1.29 is 9.59 Å². The van der Waals surface area contributed by atoms with E-state index >= 15 is 0 Å². The average molecular weight is 294 g/mol. The van der Waals surface area contributed by atoms with Crippen LogP contribution in [-0.4, -0.2) is 34.8 Å². The zero-order valence-electron chi connectivity index (χ0n) is 14.1. The van der Waals surface area contributed by atoms with E-state index in [1.165, 1.54) is 0 Å². The van der Waals surface area contributed by atoms with Crippen molar-refractivity contribution in [3.63, 3.8) is 0 Å². The van der Waals surface area contributed by atoms with Crippen LogP contribution in [0.15, 0.2) is 0 Å². The Kier molecular flexibility index (Phi) is 4.64. The molecule has 1 aliphatic heterocycles. The zero-order valence-corrected chi connectivity index (χ0v) is 14.1. The minimum Gasteiger partial charge on any atom is -0.340 e. The Balaban J connectivity index is 2.20. The number of carbonyl (C=O) groups is 2. The fourth-order valence-corrected chi connectivity index (χ4v) is 3.25. The highest BCUT2D eigenvalue weighted by molar-refractivity contribution is 6.00. The molecular weight excluding hydrogens is 264 g/mol. The molecule has 4 heteroatoms. The molecule has 2 aliphatic rings. The molecule has 120 valence electrons. The minimum absolute atomic E-state index is 0.0430. The summed E-state index contributed by atoms with van der Waals surface area (Å²) in [5.74, 6) is 1.45. The molecule has 1 N–H and O–H groups in total. The van der Waals surface area contributed by atoms with Crippen molar-refractivity contribution >= 4 is 11.8 Å². The number of amides is 2. The van der Waals surface area contributed by atoms with Crippen molar-refractivity contribution in [3.05, 3.63) is 0 Å². The number of carbonyl (C=O) groups excluding carboxylic acids is 2. The molecule has 1 saturated carbocycles. The van der Waals surface area contributed by atoms with E-state index in [4.69, 9.17) is 0 Å². The molecule has 0 aromatic heterocycles. The van der Waals surface area contributed by atoms with Crippen LogP contribution in [0.25, 0.3) is 0 Å². The van der Waals surface area contributed by atoms with Gasteiger partial charge in [0, 0.05) is 6.54 Å². The van der Waals surface area contributed by atoms with Crippen LogP contribution in [0.2, 0.25) is 0 Å². The molecule has 1 saturated heterocycles. The van der Waals surface area contributed by atoms with Gasteiger partial charge in [-0.15, -0.1) is 0 Å². The molecule has 0 bridgehead atoms. The van der Waals surface area contributed by atoms with Crippen LogP contribution in [0.3, 0.4) is 0 Å². The smallest absolute Gasteiger partial charge is 0.249 e. The molecule has 4 nitrogen and oxygen atoms in total. The molecule has 2 unspecified atom stereocenters. The number of rotatable bonds is 6. The maximum Gasteiger partial charge on any atom is 0.249 e. The Morgan fingerprint density at radius 2 is 1.81 bits per heavy atom. The lowest BCUT2D eigenvalue weighted by Crippen LogP contribution is -2.70. The molecule has 2 rings (SSSR count). The van der Waals surface area contributed by atoms with Gasteiger partial charge in [-0.05, 0) is 50.4 Å². The van der Waals surface area contributed by atoms with E-state index in [1.807, 2.05) is 11.8 Å². The Hall–Kier alpha value is -1.06. The third-order valence-electron chi connectivity index (χ3n) is 4.80. The van der Waals surface area contributed by atoms with Crippen LogP contribution in [0, 0.1) is 17.8 Å². The summed E-state index contributed by atoms with van der Waals surface area (Å²) in [7, 11) is 0. The first-order valence-corrected chi connectivity index (χ1v) is 8.38. The quantitative estimate of drug-likeness (QED) is 0.818. The lowest BCUT2D eigenvalue weighted by atomic mass is 9.87. The Bertz CT molecular complexity index is 415. The fourth-order valence-electron chi connectivity index (χ4n) is 3.25. The summed E-state index contributed by atoms with van der Waals surface area (Å²) in [6.45, 7) is 11.1. The highest BCUT2D eigenvalue weighted by Crippen LogP contribution is 2.42. The van der Waals surface area contributed by atoms with Crippen LogP contribution in [0.5, 0.6) is 0 Å². The van der Waals surface area contributed by atoms with Crippen LogP contribution < -0.4 is 5.32 Å². The van der Waals surface area contributed by atoms with Crippen molar-refractivity contribution in [1.82, 2.24) is 10.2 Å².